The van der Waals surface area contributed by atoms with Gasteiger partial charge in [-0.3, -0.25) is 9.69 Å². The first kappa shape index (κ1) is 25.8. The van der Waals surface area contributed by atoms with Crippen LogP contribution >= 0.6 is 24.0 Å². The smallest absolute Gasteiger partial charge is 0.270 e. The van der Waals surface area contributed by atoms with Crippen LogP contribution in [0.1, 0.15) is 23.6 Å². The topological polar surface area (TPSA) is 38.8 Å². The van der Waals surface area contributed by atoms with Gasteiger partial charge in [0, 0.05) is 5.56 Å². The van der Waals surface area contributed by atoms with Crippen molar-refractivity contribution in [3.8, 4) is 11.5 Å². The maximum atomic E-state index is 13.3. The Bertz CT molecular complexity index is 1540. The summed E-state index contributed by atoms with van der Waals surface area (Å²) < 4.78 is 13.0. The van der Waals surface area contributed by atoms with Crippen molar-refractivity contribution in [3.05, 3.63) is 119 Å². The molecule has 1 saturated heterocycles. The van der Waals surface area contributed by atoms with Crippen LogP contribution in [0.25, 0.3) is 16.8 Å². The molecule has 0 radical (unpaired) electrons. The Morgan fingerprint density at radius 1 is 0.947 bits per heavy atom. The molecule has 1 fully saturated rings. The molecule has 38 heavy (non-hydrogen) atoms. The number of carbonyl (C=O) groups excluding carboxylic acids is 1. The zero-order valence-electron chi connectivity index (χ0n) is 21.1. The predicted octanol–water partition coefficient (Wildman–Crippen LogP) is 7.95. The number of thioether (sulfide) groups is 1. The number of rotatable bonds is 9. The summed E-state index contributed by atoms with van der Waals surface area (Å²) in [4.78, 5) is 15.4. The molecule has 0 unspecified atom stereocenters. The molecule has 4 nitrogen and oxygen atoms in total. The van der Waals surface area contributed by atoms with E-state index in [1.54, 1.807) is 4.90 Å². The maximum Gasteiger partial charge on any atom is 0.270 e. The van der Waals surface area contributed by atoms with E-state index < -0.39 is 0 Å². The summed E-state index contributed by atoms with van der Waals surface area (Å²) in [6.07, 6.45) is 4.30. The summed E-state index contributed by atoms with van der Waals surface area (Å²) in [5.41, 5.74) is 3.65. The zero-order valence-corrected chi connectivity index (χ0v) is 22.7. The van der Waals surface area contributed by atoms with Gasteiger partial charge in [0.05, 0.1) is 17.2 Å². The van der Waals surface area contributed by atoms with Gasteiger partial charge in [0.1, 0.15) is 6.61 Å². The average molecular weight is 538 g/mol. The van der Waals surface area contributed by atoms with Crippen molar-refractivity contribution in [2.45, 2.75) is 20.0 Å². The molecule has 0 atom stereocenters. The first-order valence-corrected chi connectivity index (χ1v) is 13.6. The lowest BCUT2D eigenvalue weighted by molar-refractivity contribution is -0.113. The fraction of sp³-hybridized carbons (Fsp3) is 0.125. The molecule has 0 bridgehead atoms. The van der Waals surface area contributed by atoms with Crippen molar-refractivity contribution < 1.29 is 14.3 Å². The molecule has 0 N–H and O–H groups in total. The Morgan fingerprint density at radius 3 is 2.50 bits per heavy atom. The quantitative estimate of drug-likeness (QED) is 0.123. The molecule has 0 spiro atoms. The Morgan fingerprint density at radius 2 is 1.71 bits per heavy atom. The second kappa shape index (κ2) is 11.7. The molecule has 5 rings (SSSR count). The van der Waals surface area contributed by atoms with Crippen LogP contribution < -0.4 is 14.4 Å². The average Bonchev–Trinajstić information content (AvgIpc) is 3.21. The highest BCUT2D eigenvalue weighted by molar-refractivity contribution is 8.27. The van der Waals surface area contributed by atoms with Crippen LogP contribution in [0.2, 0.25) is 0 Å². The second-order valence-electron chi connectivity index (χ2n) is 8.71. The van der Waals surface area contributed by atoms with Gasteiger partial charge in [-0.05, 0) is 65.6 Å². The van der Waals surface area contributed by atoms with Crippen LogP contribution in [0.4, 0.5) is 5.69 Å². The monoisotopic (exact) mass is 537 g/mol. The van der Waals surface area contributed by atoms with E-state index in [1.165, 1.54) is 17.1 Å². The third-order valence-corrected chi connectivity index (χ3v) is 7.48. The molecule has 1 heterocycles. The number of para-hydroxylation sites is 1. The number of carbonyl (C=O) groups is 1. The van der Waals surface area contributed by atoms with E-state index in [0.29, 0.717) is 40.4 Å². The molecular formula is C32H27NO3S2. The standard InChI is InChI=1S/C32H27NO3S2/c1-3-11-24-18-22(20-29-31(34)33(32(37)38-29)26-15-6-5-7-16-26)19-28(35-4-2)30(24)36-21-25-14-10-13-23-12-8-9-17-27(23)25/h3,5-10,12-20H,1,4,11,21H2,2H3/b29-20+. The number of hydrogen-bond donors (Lipinski definition) is 0. The summed E-state index contributed by atoms with van der Waals surface area (Å²) in [5, 5.41) is 2.34. The third kappa shape index (κ3) is 5.37. The van der Waals surface area contributed by atoms with Crippen LogP contribution in [-0.4, -0.2) is 16.8 Å². The van der Waals surface area contributed by atoms with E-state index in [-0.39, 0.29) is 5.91 Å². The Hall–Kier alpha value is -3.87. The van der Waals surface area contributed by atoms with Crippen molar-refractivity contribution in [1.82, 2.24) is 0 Å². The molecule has 0 saturated carbocycles. The number of ether oxygens (including phenoxy) is 2. The van der Waals surface area contributed by atoms with E-state index in [0.717, 1.165) is 27.8 Å². The number of fused-ring (bicyclic) bond motifs is 1. The highest BCUT2D eigenvalue weighted by atomic mass is 32.2. The van der Waals surface area contributed by atoms with Crippen LogP contribution in [-0.2, 0) is 17.8 Å². The lowest BCUT2D eigenvalue weighted by Crippen LogP contribution is -2.27. The van der Waals surface area contributed by atoms with Gasteiger partial charge in [0.2, 0.25) is 0 Å². The minimum atomic E-state index is -0.134. The van der Waals surface area contributed by atoms with Gasteiger partial charge in [0.15, 0.2) is 15.8 Å². The fourth-order valence-corrected chi connectivity index (χ4v) is 5.79. The third-order valence-electron chi connectivity index (χ3n) is 6.18. The summed E-state index contributed by atoms with van der Waals surface area (Å²) >= 11 is 6.83. The SMILES string of the molecule is C=CCc1cc(/C=C2/SC(=S)N(c3ccccc3)C2=O)cc(OCC)c1OCc1cccc2ccccc12. The van der Waals surface area contributed by atoms with E-state index in [4.69, 9.17) is 21.7 Å². The Balaban J connectivity index is 1.48. The lowest BCUT2D eigenvalue weighted by atomic mass is 10.0. The van der Waals surface area contributed by atoms with Gasteiger partial charge in [-0.15, -0.1) is 6.58 Å². The normalized spacial score (nSPS) is 14.3. The molecule has 190 valence electrons. The number of amides is 1. The van der Waals surface area contributed by atoms with E-state index in [2.05, 4.69) is 30.8 Å². The molecule has 1 aliphatic rings. The molecule has 0 aromatic heterocycles. The number of allylic oxidation sites excluding steroid dienone is 1. The Kier molecular flexibility index (Phi) is 7.91. The van der Waals surface area contributed by atoms with Crippen LogP contribution in [0.3, 0.4) is 0 Å². The highest BCUT2D eigenvalue weighted by Gasteiger charge is 2.33. The van der Waals surface area contributed by atoms with Crippen molar-refractivity contribution in [2.24, 2.45) is 0 Å². The minimum absolute atomic E-state index is 0.134. The van der Waals surface area contributed by atoms with Crippen molar-refractivity contribution >= 4 is 56.7 Å². The van der Waals surface area contributed by atoms with Gasteiger partial charge in [-0.1, -0.05) is 90.7 Å². The van der Waals surface area contributed by atoms with Gasteiger partial charge in [0.25, 0.3) is 5.91 Å². The van der Waals surface area contributed by atoms with Gasteiger partial charge < -0.3 is 9.47 Å². The van der Waals surface area contributed by atoms with Gasteiger partial charge in [-0.25, -0.2) is 0 Å². The lowest BCUT2D eigenvalue weighted by Gasteiger charge is -2.17. The highest BCUT2D eigenvalue weighted by Crippen LogP contribution is 2.39. The van der Waals surface area contributed by atoms with E-state index >= 15 is 0 Å². The summed E-state index contributed by atoms with van der Waals surface area (Å²) in [5.74, 6) is 1.19. The number of anilines is 1. The first-order chi connectivity index (χ1) is 18.6. The van der Waals surface area contributed by atoms with Crippen molar-refractivity contribution in [2.75, 3.05) is 11.5 Å². The van der Waals surface area contributed by atoms with E-state index in [9.17, 15) is 4.79 Å². The van der Waals surface area contributed by atoms with E-state index in [1.807, 2.05) is 79.7 Å². The van der Waals surface area contributed by atoms with Crippen LogP contribution in [0.5, 0.6) is 11.5 Å². The van der Waals surface area contributed by atoms with Gasteiger partial charge >= 0.3 is 0 Å². The molecule has 4 aromatic carbocycles. The van der Waals surface area contributed by atoms with Crippen molar-refractivity contribution in [3.63, 3.8) is 0 Å². The molecule has 1 aliphatic heterocycles. The summed E-state index contributed by atoms with van der Waals surface area (Å²) in [6, 6.07) is 27.9. The molecular weight excluding hydrogens is 510 g/mol. The minimum Gasteiger partial charge on any atom is -0.490 e. The number of thiocarbonyl (C=S) groups is 1. The summed E-state index contributed by atoms with van der Waals surface area (Å²) in [7, 11) is 0. The molecule has 4 aromatic rings. The number of nitrogens with zero attached hydrogens (tertiary/aromatic N) is 1. The zero-order chi connectivity index (χ0) is 26.5. The predicted molar refractivity (Wildman–Crippen MR) is 162 cm³/mol. The summed E-state index contributed by atoms with van der Waals surface area (Å²) in [6.45, 7) is 6.77. The van der Waals surface area contributed by atoms with Crippen LogP contribution in [0, 0.1) is 0 Å². The second-order valence-corrected chi connectivity index (χ2v) is 10.4. The van der Waals surface area contributed by atoms with Crippen molar-refractivity contribution in [1.29, 1.82) is 0 Å². The van der Waals surface area contributed by atoms with Crippen LogP contribution in [0.15, 0.2) is 102 Å². The number of hydrogen-bond acceptors (Lipinski definition) is 5. The first-order valence-electron chi connectivity index (χ1n) is 12.4. The molecule has 6 heteroatoms. The molecule has 0 aliphatic carbocycles. The number of benzene rings is 4. The Labute approximate surface area is 232 Å². The largest absolute Gasteiger partial charge is 0.490 e. The van der Waals surface area contributed by atoms with Gasteiger partial charge in [-0.2, -0.15) is 0 Å². The fourth-order valence-electron chi connectivity index (χ4n) is 4.49. The molecule has 1 amide bonds. The maximum absolute atomic E-state index is 13.3.